The number of aliphatic hydroxyl groups is 1. The molecule has 16 heteroatoms. The third-order valence-electron chi connectivity index (χ3n) is 12.6. The number of H-pyrrole nitrogens is 1. The Balaban J connectivity index is 0.799. The number of rotatable bonds is 20. The average Bonchev–Trinajstić information content (AvgIpc) is 4.01. The molecule has 0 aliphatic carbocycles. The van der Waals surface area contributed by atoms with E-state index in [1.165, 1.54) is 4.90 Å². The van der Waals surface area contributed by atoms with E-state index in [4.69, 9.17) is 14.5 Å². The molecule has 2 aliphatic heterocycles. The molecule has 5 aromatic rings. The summed E-state index contributed by atoms with van der Waals surface area (Å²) < 4.78 is 39.2. The molecule has 7 rings (SSSR count). The summed E-state index contributed by atoms with van der Waals surface area (Å²) >= 11 is 1.57. The molecule has 1 fully saturated rings. The summed E-state index contributed by atoms with van der Waals surface area (Å²) in [5.41, 5.74) is 7.80. The van der Waals surface area contributed by atoms with Crippen LogP contribution in [-0.2, 0) is 32.1 Å². The number of aryl methyl sites for hydroxylation is 1. The fraction of sp³-hybridized carbons (Fsp3) is 0.500. The van der Waals surface area contributed by atoms with Crippen molar-refractivity contribution in [3.05, 3.63) is 101 Å². The van der Waals surface area contributed by atoms with Crippen molar-refractivity contribution in [1.29, 1.82) is 0 Å². The van der Waals surface area contributed by atoms with E-state index in [9.17, 15) is 28.3 Å². The number of carbonyl (C=O) groups is 3. The molecule has 0 saturated carbocycles. The Labute approximate surface area is 389 Å². The molecule has 3 amide bonds. The first-order valence-corrected chi connectivity index (χ1v) is 23.9. The van der Waals surface area contributed by atoms with E-state index in [2.05, 4.69) is 26.7 Å². The van der Waals surface area contributed by atoms with Crippen molar-refractivity contribution < 1.29 is 37.7 Å². The van der Waals surface area contributed by atoms with Gasteiger partial charge in [-0.05, 0) is 73.4 Å². The number of hydrogen-bond acceptors (Lipinski definition) is 10. The van der Waals surface area contributed by atoms with Crippen LogP contribution in [0.4, 0.5) is 8.78 Å². The second-order valence-corrected chi connectivity index (χ2v) is 19.5. The van der Waals surface area contributed by atoms with Gasteiger partial charge in [0.1, 0.15) is 24.4 Å². The average molecular weight is 928 g/mol. The lowest BCUT2D eigenvalue weighted by Crippen LogP contribution is -2.58. The Bertz CT molecular complexity index is 2400. The number of nitrogens with one attached hydrogen (secondary N) is 3. The van der Waals surface area contributed by atoms with Crippen molar-refractivity contribution in [3.63, 3.8) is 0 Å². The Hall–Kier alpha value is -5.29. The van der Waals surface area contributed by atoms with Gasteiger partial charge in [-0.3, -0.25) is 24.3 Å². The lowest BCUT2D eigenvalue weighted by atomic mass is 9.85. The highest BCUT2D eigenvalue weighted by Crippen LogP contribution is 2.41. The van der Waals surface area contributed by atoms with Gasteiger partial charge in [-0.25, -0.2) is 13.8 Å². The molecular formula is C50H63F2N7O6S. The number of β-amino-alcohol motifs (C(OH)–C–C–N with tert-alkyl or cyclic N) is 1. The van der Waals surface area contributed by atoms with Crippen LogP contribution in [0.25, 0.3) is 21.3 Å². The van der Waals surface area contributed by atoms with Crippen molar-refractivity contribution >= 4 is 40.0 Å². The standard InChI is InChI=1S/C50H63F2N7O6S/c1-31-23-38-37-13-9-10-14-39(37)56-44(38)45(58(31)28-42(51)52)40-20-19-36(26-53-40)65-22-12-8-6-7-11-21-64-29-43(61)57-47(50(3,4)5)49(63)59-27-35(60)24-41(59)48(62)54-25-33-15-17-34(18-16-33)46-32(2)55-30-66-46/h9-10,13-20,26,30-31,35,41-42,45,47,56,60H,6-8,11-12,21-25,27-29H2,1-5H3,(H,54,62)(H,57,61)/t31-,35-,41+,45-,47-/m1/s1. The predicted octanol–water partition coefficient (Wildman–Crippen LogP) is 7.75. The summed E-state index contributed by atoms with van der Waals surface area (Å²) in [4.78, 5) is 57.3. The summed E-state index contributed by atoms with van der Waals surface area (Å²) in [6.07, 6.45) is 3.54. The number of alkyl halides is 2. The van der Waals surface area contributed by atoms with Crippen LogP contribution >= 0.6 is 11.3 Å². The number of unbranched alkanes of at least 4 members (excludes halogenated alkanes) is 4. The minimum Gasteiger partial charge on any atom is -0.492 e. The van der Waals surface area contributed by atoms with Crippen LogP contribution in [0.5, 0.6) is 5.75 Å². The number of pyridine rings is 1. The van der Waals surface area contributed by atoms with Crippen molar-refractivity contribution in [2.75, 3.05) is 32.9 Å². The van der Waals surface area contributed by atoms with Crippen LogP contribution in [-0.4, -0.2) is 111 Å². The van der Waals surface area contributed by atoms with E-state index >= 15 is 0 Å². The number of aliphatic hydroxyl groups excluding tert-OH is 1. The number of ether oxygens (including phenoxy) is 2. The van der Waals surface area contributed by atoms with Gasteiger partial charge < -0.3 is 35.1 Å². The highest BCUT2D eigenvalue weighted by atomic mass is 32.1. The number of carbonyl (C=O) groups excluding carboxylic acids is 3. The number of amides is 3. The van der Waals surface area contributed by atoms with Gasteiger partial charge >= 0.3 is 0 Å². The molecule has 5 atom stereocenters. The van der Waals surface area contributed by atoms with Crippen LogP contribution in [0.15, 0.2) is 72.4 Å². The molecule has 0 spiro atoms. The topological polar surface area (TPSA) is 162 Å². The molecular weight excluding hydrogens is 865 g/mol. The second kappa shape index (κ2) is 22.0. The van der Waals surface area contributed by atoms with Gasteiger partial charge in [0.15, 0.2) is 0 Å². The maximum absolute atomic E-state index is 14.0. The maximum atomic E-state index is 14.0. The zero-order chi connectivity index (χ0) is 47.0. The van der Waals surface area contributed by atoms with Crippen LogP contribution < -0.4 is 15.4 Å². The first kappa shape index (κ1) is 48.6. The normalized spacial score (nSPS) is 19.3. The quantitative estimate of drug-likeness (QED) is 0.0572. The molecule has 5 heterocycles. The van der Waals surface area contributed by atoms with E-state index in [0.717, 1.165) is 76.0 Å². The second-order valence-electron chi connectivity index (χ2n) is 18.6. The van der Waals surface area contributed by atoms with Crippen LogP contribution in [0.3, 0.4) is 0 Å². The van der Waals surface area contributed by atoms with Crippen molar-refractivity contribution in [2.24, 2.45) is 5.41 Å². The van der Waals surface area contributed by atoms with Gasteiger partial charge in [0.25, 0.3) is 6.43 Å². The number of aromatic amines is 1. The summed E-state index contributed by atoms with van der Waals surface area (Å²) in [5, 5.41) is 17.5. The predicted molar refractivity (Wildman–Crippen MR) is 251 cm³/mol. The fourth-order valence-electron chi connectivity index (χ4n) is 9.08. The molecule has 2 aliphatic rings. The van der Waals surface area contributed by atoms with Crippen molar-refractivity contribution in [2.45, 2.75) is 123 Å². The fourth-order valence-corrected chi connectivity index (χ4v) is 9.89. The number of thiazole rings is 1. The Morgan fingerprint density at radius 1 is 0.985 bits per heavy atom. The van der Waals surface area contributed by atoms with Crippen molar-refractivity contribution in [1.82, 2.24) is 35.4 Å². The van der Waals surface area contributed by atoms with Crippen LogP contribution in [0.2, 0.25) is 0 Å². The van der Waals surface area contributed by atoms with E-state index in [1.807, 2.05) is 99.6 Å². The van der Waals surface area contributed by atoms with E-state index in [-0.39, 0.29) is 44.6 Å². The first-order chi connectivity index (χ1) is 31.7. The Morgan fingerprint density at radius 2 is 1.73 bits per heavy atom. The van der Waals surface area contributed by atoms with Gasteiger partial charge in [0.2, 0.25) is 17.7 Å². The minimum atomic E-state index is -2.47. The number of aromatic nitrogens is 3. The van der Waals surface area contributed by atoms with Crippen LogP contribution in [0.1, 0.15) is 100 Å². The molecule has 1 saturated heterocycles. The largest absolute Gasteiger partial charge is 0.492 e. The monoisotopic (exact) mass is 927 g/mol. The van der Waals surface area contributed by atoms with E-state index in [0.29, 0.717) is 31.1 Å². The molecule has 354 valence electrons. The van der Waals surface area contributed by atoms with E-state index < -0.39 is 47.9 Å². The highest BCUT2D eigenvalue weighted by molar-refractivity contribution is 7.13. The lowest BCUT2D eigenvalue weighted by Gasteiger charge is -2.40. The molecule has 0 bridgehead atoms. The molecule has 2 aromatic carbocycles. The molecule has 4 N–H and O–H groups in total. The maximum Gasteiger partial charge on any atom is 0.251 e. The van der Waals surface area contributed by atoms with Gasteiger partial charge in [-0.1, -0.05) is 82.5 Å². The zero-order valence-electron chi connectivity index (χ0n) is 38.5. The number of halogens is 2. The highest BCUT2D eigenvalue weighted by Gasteiger charge is 2.44. The van der Waals surface area contributed by atoms with E-state index in [1.54, 1.807) is 17.5 Å². The number of nitrogens with zero attached hydrogens (tertiary/aromatic N) is 4. The van der Waals surface area contributed by atoms with Gasteiger partial charge in [0.05, 0.1) is 53.3 Å². The van der Waals surface area contributed by atoms with Gasteiger partial charge in [0, 0.05) is 48.8 Å². The SMILES string of the molecule is Cc1ncsc1-c1ccc(CNC(=O)[C@@H]2C[C@@H](O)CN2C(=O)[C@@H](NC(=O)COCCCCCCCOc2ccc([C@@H]3c4[nH]c5ccccc5c4C[C@@H](C)N3CC(F)F)nc2)C(C)(C)C)cc1. The Kier molecular flexibility index (Phi) is 16.2. The first-order valence-electron chi connectivity index (χ1n) is 23.0. The Morgan fingerprint density at radius 3 is 2.42 bits per heavy atom. The zero-order valence-corrected chi connectivity index (χ0v) is 39.3. The van der Waals surface area contributed by atoms with Gasteiger partial charge in [-0.15, -0.1) is 11.3 Å². The van der Waals surface area contributed by atoms with Crippen molar-refractivity contribution in [3.8, 4) is 16.2 Å². The summed E-state index contributed by atoms with van der Waals surface area (Å²) in [7, 11) is 0. The number of benzene rings is 2. The third kappa shape index (κ3) is 12.0. The van der Waals surface area contributed by atoms with Gasteiger partial charge in [-0.2, -0.15) is 0 Å². The minimum absolute atomic E-state index is 0.00491. The molecule has 0 radical (unpaired) electrons. The van der Waals surface area contributed by atoms with Crippen LogP contribution in [0, 0.1) is 12.3 Å². The summed E-state index contributed by atoms with van der Waals surface area (Å²) in [6, 6.07) is 17.3. The number of para-hydroxylation sites is 1. The number of hydrogen-bond donors (Lipinski definition) is 4. The summed E-state index contributed by atoms with van der Waals surface area (Å²) in [5.74, 6) is -0.589. The molecule has 13 nitrogen and oxygen atoms in total. The molecule has 3 aromatic heterocycles. The third-order valence-corrected chi connectivity index (χ3v) is 13.5. The smallest absolute Gasteiger partial charge is 0.251 e. The number of fused-ring (bicyclic) bond motifs is 3. The molecule has 66 heavy (non-hydrogen) atoms. The number of likely N-dealkylation sites (tertiary alicyclic amines) is 1. The summed E-state index contributed by atoms with van der Waals surface area (Å²) in [6.45, 7) is 10.1. The lowest BCUT2D eigenvalue weighted by molar-refractivity contribution is -0.144. The molecule has 0 unspecified atom stereocenters.